The first-order valence-electron chi connectivity index (χ1n) is 7.38. The largest absolute Gasteiger partial charge is 0.459 e. The second-order valence-corrected chi connectivity index (χ2v) is 5.40. The minimum atomic E-state index is -0.420. The van der Waals surface area contributed by atoms with Gasteiger partial charge in [0.15, 0.2) is 5.76 Å². The number of hydrogen-bond acceptors (Lipinski definition) is 4. The first-order valence-corrected chi connectivity index (χ1v) is 7.38. The van der Waals surface area contributed by atoms with E-state index in [2.05, 4.69) is 19.2 Å². The van der Waals surface area contributed by atoms with Crippen molar-refractivity contribution in [2.75, 3.05) is 20.3 Å². The van der Waals surface area contributed by atoms with Gasteiger partial charge in [-0.15, -0.1) is 0 Å². The molecule has 0 aliphatic carbocycles. The Labute approximate surface area is 121 Å². The zero-order chi connectivity index (χ0) is 15.1. The minimum Gasteiger partial charge on any atom is -0.459 e. The summed E-state index contributed by atoms with van der Waals surface area (Å²) in [5.74, 6) is 0.866. The van der Waals surface area contributed by atoms with Crippen molar-refractivity contribution in [3.05, 3.63) is 11.8 Å². The highest BCUT2D eigenvalue weighted by atomic mass is 16.7. The third kappa shape index (κ3) is 4.21. The highest BCUT2D eigenvalue weighted by Crippen LogP contribution is 2.36. The number of rotatable bonds is 7. The first kappa shape index (κ1) is 17.0. The lowest BCUT2D eigenvalue weighted by molar-refractivity contribution is -0.175. The molecule has 0 saturated heterocycles. The standard InChI is InChI=1S/C15H27NO4/c1-5-19-15-11(7-6-8-17)12(10(2)3)9-13(20-15)14(18)16-4/h9-12,15,17H,5-8H2,1-4H3,(H,16,18)/t11-,12-,15-/m1/s1. The van der Waals surface area contributed by atoms with Crippen molar-refractivity contribution >= 4 is 5.91 Å². The van der Waals surface area contributed by atoms with Crippen molar-refractivity contribution in [2.24, 2.45) is 17.8 Å². The fraction of sp³-hybridized carbons (Fsp3) is 0.800. The number of carbonyl (C=O) groups is 1. The summed E-state index contributed by atoms with van der Waals surface area (Å²) in [5.41, 5.74) is 0. The van der Waals surface area contributed by atoms with Crippen LogP contribution in [0, 0.1) is 17.8 Å². The van der Waals surface area contributed by atoms with E-state index in [1.54, 1.807) is 7.05 Å². The summed E-state index contributed by atoms with van der Waals surface area (Å²) >= 11 is 0. The van der Waals surface area contributed by atoms with Gasteiger partial charge in [-0.25, -0.2) is 0 Å². The minimum absolute atomic E-state index is 0.159. The van der Waals surface area contributed by atoms with Gasteiger partial charge in [0.25, 0.3) is 5.91 Å². The molecule has 1 rings (SSSR count). The number of nitrogens with one attached hydrogen (secondary N) is 1. The van der Waals surface area contributed by atoms with Crippen LogP contribution in [0.5, 0.6) is 0 Å². The van der Waals surface area contributed by atoms with Gasteiger partial charge < -0.3 is 19.9 Å². The molecule has 0 aromatic heterocycles. The van der Waals surface area contributed by atoms with Gasteiger partial charge in [-0.05, 0) is 37.7 Å². The summed E-state index contributed by atoms with van der Waals surface area (Å²) in [6, 6.07) is 0. The Balaban J connectivity index is 2.98. The Kier molecular flexibility index (Phi) is 7.02. The average Bonchev–Trinajstić information content (AvgIpc) is 2.44. The van der Waals surface area contributed by atoms with Gasteiger partial charge in [0.05, 0.1) is 0 Å². The summed E-state index contributed by atoms with van der Waals surface area (Å²) in [7, 11) is 1.59. The zero-order valence-electron chi connectivity index (χ0n) is 12.9. The van der Waals surface area contributed by atoms with Gasteiger partial charge in [-0.3, -0.25) is 4.79 Å². The molecule has 1 aliphatic rings. The van der Waals surface area contributed by atoms with Crippen molar-refractivity contribution in [1.29, 1.82) is 0 Å². The molecule has 116 valence electrons. The maximum absolute atomic E-state index is 11.8. The van der Waals surface area contributed by atoms with Crippen LogP contribution in [0.4, 0.5) is 0 Å². The quantitative estimate of drug-likeness (QED) is 0.746. The number of allylic oxidation sites excluding steroid dienone is 1. The second-order valence-electron chi connectivity index (χ2n) is 5.40. The molecule has 0 unspecified atom stereocenters. The van der Waals surface area contributed by atoms with E-state index in [9.17, 15) is 4.79 Å². The van der Waals surface area contributed by atoms with E-state index in [4.69, 9.17) is 14.6 Å². The molecule has 1 heterocycles. The van der Waals surface area contributed by atoms with Crippen LogP contribution in [0.1, 0.15) is 33.6 Å². The van der Waals surface area contributed by atoms with Crippen LogP contribution in [0.3, 0.4) is 0 Å². The van der Waals surface area contributed by atoms with Crippen LogP contribution in [0.2, 0.25) is 0 Å². The summed E-state index contributed by atoms with van der Waals surface area (Å²) in [6.45, 7) is 6.86. The van der Waals surface area contributed by atoms with Gasteiger partial charge in [0.2, 0.25) is 6.29 Å². The Bertz CT molecular complexity index is 341. The van der Waals surface area contributed by atoms with Crippen LogP contribution in [-0.2, 0) is 14.3 Å². The molecule has 5 heteroatoms. The van der Waals surface area contributed by atoms with Gasteiger partial charge in [0.1, 0.15) is 0 Å². The van der Waals surface area contributed by atoms with E-state index in [0.29, 0.717) is 24.7 Å². The molecule has 0 fully saturated rings. The molecule has 1 aliphatic heterocycles. The molecule has 0 spiro atoms. The summed E-state index contributed by atoms with van der Waals surface area (Å²) < 4.78 is 11.4. The SMILES string of the molecule is CCO[C@@H]1OC(C(=O)NC)=C[C@H](C(C)C)[C@H]1CCCO. The highest BCUT2D eigenvalue weighted by molar-refractivity contribution is 5.91. The van der Waals surface area contributed by atoms with E-state index in [-0.39, 0.29) is 24.3 Å². The number of likely N-dealkylation sites (N-methyl/N-ethyl adjacent to an activating group) is 1. The zero-order valence-corrected chi connectivity index (χ0v) is 12.9. The number of aliphatic hydroxyl groups excluding tert-OH is 1. The molecule has 20 heavy (non-hydrogen) atoms. The van der Waals surface area contributed by atoms with Crippen LogP contribution < -0.4 is 5.32 Å². The molecule has 5 nitrogen and oxygen atoms in total. The van der Waals surface area contributed by atoms with Crippen molar-refractivity contribution in [2.45, 2.75) is 39.9 Å². The number of amides is 1. The Hall–Kier alpha value is -1.07. The number of aliphatic hydroxyl groups is 1. The summed E-state index contributed by atoms with van der Waals surface area (Å²) in [6.07, 6.45) is 3.02. The number of hydrogen-bond donors (Lipinski definition) is 2. The summed E-state index contributed by atoms with van der Waals surface area (Å²) in [4.78, 5) is 11.8. The molecule has 0 aromatic rings. The lowest BCUT2D eigenvalue weighted by Gasteiger charge is -2.38. The van der Waals surface area contributed by atoms with E-state index < -0.39 is 6.29 Å². The lowest BCUT2D eigenvalue weighted by Crippen LogP contribution is -2.40. The third-order valence-electron chi connectivity index (χ3n) is 3.68. The number of ether oxygens (including phenoxy) is 2. The topological polar surface area (TPSA) is 67.8 Å². The maximum atomic E-state index is 11.8. The third-order valence-corrected chi connectivity index (χ3v) is 3.68. The molecule has 1 amide bonds. The molecule has 0 aromatic carbocycles. The van der Waals surface area contributed by atoms with E-state index in [1.807, 2.05) is 13.0 Å². The van der Waals surface area contributed by atoms with E-state index >= 15 is 0 Å². The number of carbonyl (C=O) groups excluding carboxylic acids is 1. The molecule has 0 radical (unpaired) electrons. The monoisotopic (exact) mass is 285 g/mol. The normalized spacial score (nSPS) is 26.1. The van der Waals surface area contributed by atoms with E-state index in [0.717, 1.165) is 6.42 Å². The van der Waals surface area contributed by atoms with Crippen molar-refractivity contribution in [3.63, 3.8) is 0 Å². The second kappa shape index (κ2) is 8.27. The van der Waals surface area contributed by atoms with E-state index in [1.165, 1.54) is 0 Å². The smallest absolute Gasteiger partial charge is 0.285 e. The van der Waals surface area contributed by atoms with Crippen molar-refractivity contribution in [1.82, 2.24) is 5.32 Å². The molecular formula is C15H27NO4. The van der Waals surface area contributed by atoms with Crippen molar-refractivity contribution < 1.29 is 19.4 Å². The fourth-order valence-corrected chi connectivity index (χ4v) is 2.65. The fourth-order valence-electron chi connectivity index (χ4n) is 2.65. The Morgan fingerprint density at radius 3 is 2.75 bits per heavy atom. The molecule has 3 atom stereocenters. The van der Waals surface area contributed by atoms with Gasteiger partial charge in [0, 0.05) is 26.2 Å². The predicted molar refractivity (Wildman–Crippen MR) is 76.8 cm³/mol. The van der Waals surface area contributed by atoms with Gasteiger partial charge in [-0.2, -0.15) is 0 Å². The summed E-state index contributed by atoms with van der Waals surface area (Å²) in [5, 5.41) is 11.6. The predicted octanol–water partition coefficient (Wildman–Crippen LogP) is 1.67. The van der Waals surface area contributed by atoms with Crippen LogP contribution in [-0.4, -0.2) is 37.6 Å². The average molecular weight is 285 g/mol. The maximum Gasteiger partial charge on any atom is 0.285 e. The molecule has 0 saturated carbocycles. The molecular weight excluding hydrogens is 258 g/mol. The van der Waals surface area contributed by atoms with Crippen molar-refractivity contribution in [3.8, 4) is 0 Å². The highest BCUT2D eigenvalue weighted by Gasteiger charge is 2.37. The lowest BCUT2D eigenvalue weighted by atomic mass is 9.78. The molecule has 2 N–H and O–H groups in total. The van der Waals surface area contributed by atoms with Crippen LogP contribution >= 0.6 is 0 Å². The van der Waals surface area contributed by atoms with Gasteiger partial charge >= 0.3 is 0 Å². The van der Waals surface area contributed by atoms with Gasteiger partial charge in [-0.1, -0.05) is 13.8 Å². The Morgan fingerprint density at radius 2 is 2.25 bits per heavy atom. The Morgan fingerprint density at radius 1 is 1.55 bits per heavy atom. The van der Waals surface area contributed by atoms with Crippen LogP contribution in [0.25, 0.3) is 0 Å². The first-order chi connectivity index (χ1) is 9.54. The van der Waals surface area contributed by atoms with Crippen LogP contribution in [0.15, 0.2) is 11.8 Å². The molecule has 0 bridgehead atoms.